The minimum Gasteiger partial charge on any atom is -0.496 e. The van der Waals surface area contributed by atoms with Gasteiger partial charge in [-0.1, -0.05) is 0 Å². The van der Waals surface area contributed by atoms with Gasteiger partial charge in [-0.2, -0.15) is 18.4 Å². The van der Waals surface area contributed by atoms with Crippen molar-refractivity contribution in [3.8, 4) is 11.8 Å². The highest BCUT2D eigenvalue weighted by atomic mass is 19.4. The molecular weight excluding hydrogens is 219 g/mol. The Balaban J connectivity index is 3.23. The predicted molar refractivity (Wildman–Crippen MR) is 52.6 cm³/mol. The molecule has 0 aromatic heterocycles. The lowest BCUT2D eigenvalue weighted by molar-refractivity contribution is -0.137. The molecule has 0 amide bonds. The standard InChI is InChI=1S/C11H8F3NO/c1-16-10-5-4-9(11(12,13)14)7-8(10)3-2-6-15/h2-5,7H,1H3. The molecule has 0 aliphatic carbocycles. The van der Waals surface area contributed by atoms with Gasteiger partial charge in [-0.25, -0.2) is 0 Å². The van der Waals surface area contributed by atoms with Gasteiger partial charge in [0.1, 0.15) is 5.75 Å². The van der Waals surface area contributed by atoms with E-state index in [9.17, 15) is 13.2 Å². The molecular formula is C11H8F3NO. The molecule has 0 saturated carbocycles. The van der Waals surface area contributed by atoms with Crippen molar-refractivity contribution in [2.45, 2.75) is 6.18 Å². The van der Waals surface area contributed by atoms with Crippen molar-refractivity contribution in [1.82, 2.24) is 0 Å². The SMILES string of the molecule is COc1ccc(C(F)(F)F)cc1C=CC#N. The van der Waals surface area contributed by atoms with Crippen LogP contribution in [0.2, 0.25) is 0 Å². The van der Waals surface area contributed by atoms with Gasteiger partial charge in [0, 0.05) is 11.6 Å². The van der Waals surface area contributed by atoms with Crippen molar-refractivity contribution >= 4 is 6.08 Å². The maximum Gasteiger partial charge on any atom is 0.416 e. The highest BCUT2D eigenvalue weighted by molar-refractivity contribution is 5.60. The smallest absolute Gasteiger partial charge is 0.416 e. The van der Waals surface area contributed by atoms with E-state index < -0.39 is 11.7 Å². The number of hydrogen-bond acceptors (Lipinski definition) is 2. The molecule has 1 aromatic rings. The van der Waals surface area contributed by atoms with Gasteiger partial charge in [0.2, 0.25) is 0 Å². The van der Waals surface area contributed by atoms with Crippen LogP contribution < -0.4 is 4.74 Å². The summed E-state index contributed by atoms with van der Waals surface area (Å²) in [6, 6.07) is 4.80. The van der Waals surface area contributed by atoms with E-state index in [0.29, 0.717) is 5.75 Å². The van der Waals surface area contributed by atoms with Crippen LogP contribution in [0.3, 0.4) is 0 Å². The average Bonchev–Trinajstić information content (AvgIpc) is 2.24. The summed E-state index contributed by atoms with van der Waals surface area (Å²) in [6.45, 7) is 0. The van der Waals surface area contributed by atoms with Crippen molar-refractivity contribution in [3.05, 3.63) is 35.4 Å². The fourth-order valence-corrected chi connectivity index (χ4v) is 1.17. The fourth-order valence-electron chi connectivity index (χ4n) is 1.17. The Kier molecular flexibility index (Phi) is 3.56. The van der Waals surface area contributed by atoms with Gasteiger partial charge in [-0.3, -0.25) is 0 Å². The number of allylic oxidation sites excluding steroid dienone is 1. The van der Waals surface area contributed by atoms with Crippen LogP contribution in [0.25, 0.3) is 6.08 Å². The zero-order valence-corrected chi connectivity index (χ0v) is 8.38. The summed E-state index contributed by atoms with van der Waals surface area (Å²) in [5.74, 6) is 0.291. The summed E-state index contributed by atoms with van der Waals surface area (Å²) in [5, 5.41) is 8.32. The molecule has 0 unspecified atom stereocenters. The van der Waals surface area contributed by atoms with Crippen LogP contribution in [0.5, 0.6) is 5.75 Å². The Morgan fingerprint density at radius 1 is 1.38 bits per heavy atom. The number of benzene rings is 1. The Bertz CT molecular complexity index is 444. The first kappa shape index (κ1) is 12.1. The number of nitriles is 1. The Morgan fingerprint density at radius 2 is 2.06 bits per heavy atom. The summed E-state index contributed by atoms with van der Waals surface area (Å²) in [7, 11) is 1.35. The van der Waals surface area contributed by atoms with Gasteiger partial charge < -0.3 is 4.74 Å². The number of rotatable bonds is 2. The molecule has 0 atom stereocenters. The summed E-state index contributed by atoms with van der Waals surface area (Å²) in [5.41, 5.74) is -0.551. The predicted octanol–water partition coefficient (Wildman–Crippen LogP) is 3.25. The van der Waals surface area contributed by atoms with Gasteiger partial charge in [-0.15, -0.1) is 0 Å². The first-order valence-electron chi connectivity index (χ1n) is 4.30. The van der Waals surface area contributed by atoms with Gasteiger partial charge in [-0.05, 0) is 24.3 Å². The molecule has 0 aliphatic heterocycles. The molecule has 1 rings (SSSR count). The summed E-state index contributed by atoms with van der Waals surface area (Å²) in [4.78, 5) is 0. The van der Waals surface area contributed by atoms with Gasteiger partial charge in [0.15, 0.2) is 0 Å². The highest BCUT2D eigenvalue weighted by Gasteiger charge is 2.30. The number of methoxy groups -OCH3 is 1. The number of alkyl halides is 3. The van der Waals surface area contributed by atoms with E-state index in [2.05, 4.69) is 0 Å². The Hall–Kier alpha value is -1.96. The number of nitrogens with zero attached hydrogens (tertiary/aromatic N) is 1. The number of ether oxygens (including phenoxy) is 1. The first-order chi connectivity index (χ1) is 7.49. The number of halogens is 3. The lowest BCUT2D eigenvalue weighted by Crippen LogP contribution is -2.05. The molecule has 0 bridgehead atoms. The van der Waals surface area contributed by atoms with Gasteiger partial charge in [0.05, 0.1) is 18.7 Å². The third kappa shape index (κ3) is 2.76. The second-order valence-electron chi connectivity index (χ2n) is 2.92. The van der Waals surface area contributed by atoms with Crippen LogP contribution in [-0.2, 0) is 6.18 Å². The second-order valence-corrected chi connectivity index (χ2v) is 2.92. The molecule has 0 heterocycles. The van der Waals surface area contributed by atoms with E-state index in [1.807, 2.05) is 0 Å². The zero-order valence-electron chi connectivity index (χ0n) is 8.38. The van der Waals surface area contributed by atoms with E-state index >= 15 is 0 Å². The molecule has 0 radical (unpaired) electrons. The molecule has 0 fully saturated rings. The van der Waals surface area contributed by atoms with Crippen LogP contribution in [0.1, 0.15) is 11.1 Å². The maximum atomic E-state index is 12.4. The summed E-state index contributed by atoms with van der Waals surface area (Å²) in [6.07, 6.45) is -2.03. The minimum absolute atomic E-state index is 0.221. The Labute approximate surface area is 90.6 Å². The van der Waals surface area contributed by atoms with Gasteiger partial charge in [0.25, 0.3) is 0 Å². The highest BCUT2D eigenvalue weighted by Crippen LogP contribution is 2.32. The number of hydrogen-bond donors (Lipinski definition) is 0. The van der Waals surface area contributed by atoms with Crippen LogP contribution in [0.15, 0.2) is 24.3 Å². The zero-order chi connectivity index (χ0) is 12.2. The molecule has 0 spiro atoms. The monoisotopic (exact) mass is 227 g/mol. The summed E-state index contributed by atoms with van der Waals surface area (Å²) >= 11 is 0. The van der Waals surface area contributed by atoms with Crippen molar-refractivity contribution < 1.29 is 17.9 Å². The minimum atomic E-state index is -4.40. The lowest BCUT2D eigenvalue weighted by Gasteiger charge is -2.10. The van der Waals surface area contributed by atoms with Crippen molar-refractivity contribution in [3.63, 3.8) is 0 Å². The quantitative estimate of drug-likeness (QED) is 0.726. The van der Waals surface area contributed by atoms with Crippen LogP contribution >= 0.6 is 0 Å². The molecule has 16 heavy (non-hydrogen) atoms. The normalized spacial score (nSPS) is 11.4. The molecule has 0 saturated heterocycles. The van der Waals surface area contributed by atoms with E-state index in [1.165, 1.54) is 19.3 Å². The van der Waals surface area contributed by atoms with Crippen molar-refractivity contribution in [2.75, 3.05) is 7.11 Å². The first-order valence-corrected chi connectivity index (χ1v) is 4.30. The third-order valence-corrected chi connectivity index (χ3v) is 1.89. The lowest BCUT2D eigenvalue weighted by atomic mass is 10.1. The van der Waals surface area contributed by atoms with Crippen molar-refractivity contribution in [1.29, 1.82) is 5.26 Å². The largest absolute Gasteiger partial charge is 0.496 e. The van der Waals surface area contributed by atoms with Gasteiger partial charge >= 0.3 is 6.18 Å². The van der Waals surface area contributed by atoms with Crippen LogP contribution in [0, 0.1) is 11.3 Å². The maximum absolute atomic E-state index is 12.4. The Morgan fingerprint density at radius 3 is 2.56 bits per heavy atom. The molecule has 5 heteroatoms. The van der Waals surface area contributed by atoms with E-state index in [1.54, 1.807) is 6.07 Å². The fraction of sp³-hybridized carbons (Fsp3) is 0.182. The third-order valence-electron chi connectivity index (χ3n) is 1.89. The van der Waals surface area contributed by atoms with E-state index in [-0.39, 0.29) is 5.56 Å². The van der Waals surface area contributed by atoms with E-state index in [4.69, 9.17) is 10.00 Å². The molecule has 1 aromatic carbocycles. The molecule has 0 N–H and O–H groups in total. The van der Waals surface area contributed by atoms with Crippen LogP contribution in [-0.4, -0.2) is 7.11 Å². The summed E-state index contributed by atoms with van der Waals surface area (Å²) < 4.78 is 42.1. The molecule has 2 nitrogen and oxygen atoms in total. The molecule has 84 valence electrons. The second kappa shape index (κ2) is 4.71. The van der Waals surface area contributed by atoms with Crippen molar-refractivity contribution in [2.24, 2.45) is 0 Å². The topological polar surface area (TPSA) is 33.0 Å². The van der Waals surface area contributed by atoms with E-state index in [0.717, 1.165) is 18.2 Å². The van der Waals surface area contributed by atoms with Crippen LogP contribution in [0.4, 0.5) is 13.2 Å². The molecule has 0 aliphatic rings. The average molecular weight is 227 g/mol.